The maximum absolute atomic E-state index is 12.6. The molecule has 1 amide bonds. The first kappa shape index (κ1) is 25.2. The first-order chi connectivity index (χ1) is 15.8. The number of ether oxygens (including phenoxy) is 2. The summed E-state index contributed by atoms with van der Waals surface area (Å²) >= 11 is 20.7. The molecule has 0 unspecified atom stereocenters. The van der Waals surface area contributed by atoms with E-state index >= 15 is 0 Å². The Labute approximate surface area is 220 Å². The number of methoxy groups -OCH3 is 1. The molecule has 0 aliphatic carbocycles. The topological polar surface area (TPSA) is 71.3 Å². The summed E-state index contributed by atoms with van der Waals surface area (Å²) in [7, 11) is 1.48. The van der Waals surface area contributed by atoms with E-state index in [1.54, 1.807) is 30.3 Å². The highest BCUT2D eigenvalue weighted by atomic mass is 127. The fourth-order valence-corrected chi connectivity index (χ4v) is 3.79. The maximum Gasteiger partial charge on any atom is 0.266 e. The Bertz CT molecular complexity index is 1260. The van der Waals surface area contributed by atoms with Crippen molar-refractivity contribution in [1.29, 1.82) is 5.26 Å². The van der Waals surface area contributed by atoms with E-state index in [9.17, 15) is 10.1 Å². The fraction of sp³-hybridized carbons (Fsp3) is 0.0833. The van der Waals surface area contributed by atoms with Gasteiger partial charge in [-0.2, -0.15) is 5.26 Å². The van der Waals surface area contributed by atoms with Gasteiger partial charge in [-0.1, -0.05) is 53.0 Å². The summed E-state index contributed by atoms with van der Waals surface area (Å²) < 4.78 is 12.4. The highest BCUT2D eigenvalue weighted by Crippen LogP contribution is 2.37. The van der Waals surface area contributed by atoms with Crippen molar-refractivity contribution >= 4 is 75.1 Å². The Kier molecular flexibility index (Phi) is 8.87. The minimum Gasteiger partial charge on any atom is -0.493 e. The molecule has 0 saturated heterocycles. The second-order valence-corrected chi connectivity index (χ2v) is 9.11. The minimum atomic E-state index is -0.643. The number of anilines is 1. The normalized spacial score (nSPS) is 11.0. The van der Waals surface area contributed by atoms with Gasteiger partial charge in [-0.05, 0) is 76.2 Å². The molecule has 9 heteroatoms. The van der Waals surface area contributed by atoms with E-state index in [0.717, 1.165) is 9.13 Å². The third-order valence-electron chi connectivity index (χ3n) is 4.42. The van der Waals surface area contributed by atoms with Crippen LogP contribution in [-0.4, -0.2) is 13.0 Å². The van der Waals surface area contributed by atoms with E-state index in [4.69, 9.17) is 44.3 Å². The largest absolute Gasteiger partial charge is 0.493 e. The van der Waals surface area contributed by atoms with E-state index in [1.165, 1.54) is 13.2 Å². The van der Waals surface area contributed by atoms with Crippen molar-refractivity contribution in [2.24, 2.45) is 0 Å². The van der Waals surface area contributed by atoms with Gasteiger partial charge >= 0.3 is 0 Å². The lowest BCUT2D eigenvalue weighted by molar-refractivity contribution is -0.112. The third kappa shape index (κ3) is 6.55. The van der Waals surface area contributed by atoms with Gasteiger partial charge in [0.25, 0.3) is 5.91 Å². The molecule has 0 atom stereocenters. The Morgan fingerprint density at radius 1 is 1.12 bits per heavy atom. The Balaban J connectivity index is 1.83. The van der Waals surface area contributed by atoms with Crippen LogP contribution in [0, 0.1) is 14.9 Å². The predicted molar refractivity (Wildman–Crippen MR) is 140 cm³/mol. The van der Waals surface area contributed by atoms with Crippen molar-refractivity contribution in [2.45, 2.75) is 6.61 Å². The number of carbonyl (C=O) groups excluding carboxylic acids is 1. The number of carbonyl (C=O) groups is 1. The van der Waals surface area contributed by atoms with Gasteiger partial charge in [0.1, 0.15) is 18.2 Å². The number of rotatable bonds is 7. The van der Waals surface area contributed by atoms with Crippen LogP contribution in [0.3, 0.4) is 0 Å². The maximum atomic E-state index is 12.6. The third-order valence-corrected chi connectivity index (χ3v) is 6.24. The molecule has 0 heterocycles. The van der Waals surface area contributed by atoms with Crippen LogP contribution in [0.5, 0.6) is 11.5 Å². The van der Waals surface area contributed by atoms with Crippen molar-refractivity contribution in [3.8, 4) is 17.6 Å². The first-order valence-corrected chi connectivity index (χ1v) is 11.7. The first-order valence-electron chi connectivity index (χ1n) is 9.44. The monoisotopic (exact) mass is 612 g/mol. The molecule has 0 fully saturated rings. The summed E-state index contributed by atoms with van der Waals surface area (Å²) in [6.07, 6.45) is 1.39. The number of nitriles is 1. The van der Waals surface area contributed by atoms with Gasteiger partial charge in [-0.25, -0.2) is 0 Å². The number of benzene rings is 3. The molecule has 0 saturated carbocycles. The fourth-order valence-electron chi connectivity index (χ4n) is 2.80. The van der Waals surface area contributed by atoms with E-state index in [2.05, 4.69) is 27.9 Å². The molecule has 3 rings (SSSR count). The van der Waals surface area contributed by atoms with Gasteiger partial charge in [-0.15, -0.1) is 0 Å². The van der Waals surface area contributed by atoms with Crippen LogP contribution in [0.4, 0.5) is 5.69 Å². The predicted octanol–water partition coefficient (Wildman–Crippen LogP) is 7.38. The molecular formula is C24H16Cl3IN2O3. The van der Waals surface area contributed by atoms with E-state index < -0.39 is 5.91 Å². The van der Waals surface area contributed by atoms with Crippen LogP contribution < -0.4 is 14.8 Å². The minimum absolute atomic E-state index is 0.156. The SMILES string of the molecule is COc1cc(/C=C(/C#N)C(=O)Nc2cccc(Cl)c2Cl)cc(Cl)c1OCc1ccc(I)cc1. The van der Waals surface area contributed by atoms with Crippen LogP contribution in [0.25, 0.3) is 6.08 Å². The van der Waals surface area contributed by atoms with Gasteiger partial charge in [-0.3, -0.25) is 4.79 Å². The highest BCUT2D eigenvalue weighted by Gasteiger charge is 2.16. The lowest BCUT2D eigenvalue weighted by atomic mass is 10.1. The van der Waals surface area contributed by atoms with E-state index in [0.29, 0.717) is 29.4 Å². The van der Waals surface area contributed by atoms with Crippen LogP contribution >= 0.6 is 57.4 Å². The molecule has 0 radical (unpaired) electrons. The zero-order chi connectivity index (χ0) is 24.0. The summed E-state index contributed by atoms with van der Waals surface area (Å²) in [5.41, 5.74) is 1.60. The van der Waals surface area contributed by atoms with E-state index in [-0.39, 0.29) is 20.6 Å². The average Bonchev–Trinajstić information content (AvgIpc) is 2.80. The number of nitrogens with one attached hydrogen (secondary N) is 1. The Hall–Kier alpha value is -2.44. The number of halogens is 4. The average molecular weight is 614 g/mol. The summed E-state index contributed by atoms with van der Waals surface area (Å²) in [4.78, 5) is 12.6. The van der Waals surface area contributed by atoms with Crippen LogP contribution in [0.1, 0.15) is 11.1 Å². The van der Waals surface area contributed by atoms with Crippen molar-refractivity contribution < 1.29 is 14.3 Å². The van der Waals surface area contributed by atoms with Gasteiger partial charge in [0.2, 0.25) is 0 Å². The van der Waals surface area contributed by atoms with Crippen molar-refractivity contribution in [3.63, 3.8) is 0 Å². The summed E-state index contributed by atoms with van der Waals surface area (Å²) in [5.74, 6) is 0.0918. The Morgan fingerprint density at radius 2 is 1.85 bits per heavy atom. The lowest BCUT2D eigenvalue weighted by Crippen LogP contribution is -2.13. The van der Waals surface area contributed by atoms with Gasteiger partial charge in [0.05, 0.1) is 27.9 Å². The summed E-state index contributed by atoms with van der Waals surface area (Å²) in [6.45, 7) is 0.300. The highest BCUT2D eigenvalue weighted by molar-refractivity contribution is 14.1. The molecule has 0 aliphatic heterocycles. The van der Waals surface area contributed by atoms with Crippen LogP contribution in [0.15, 0.2) is 60.2 Å². The zero-order valence-corrected chi connectivity index (χ0v) is 21.6. The Morgan fingerprint density at radius 3 is 2.52 bits per heavy atom. The second-order valence-electron chi connectivity index (χ2n) is 6.67. The van der Waals surface area contributed by atoms with Crippen molar-refractivity contribution in [3.05, 3.63) is 89.9 Å². The standard InChI is InChI=1S/C24H16Cl3IN2O3/c1-32-21-11-15(10-19(26)23(21)33-13-14-5-7-17(28)8-6-14)9-16(12-29)24(31)30-20-4-2-3-18(25)22(20)27/h2-11H,13H2,1H3,(H,30,31)/b16-9-. The molecule has 3 aromatic rings. The number of hydrogen-bond acceptors (Lipinski definition) is 4. The number of amides is 1. The molecule has 5 nitrogen and oxygen atoms in total. The van der Waals surface area contributed by atoms with Crippen LogP contribution in [0.2, 0.25) is 15.1 Å². The summed E-state index contributed by atoms with van der Waals surface area (Å²) in [5, 5.41) is 12.8. The number of hydrogen-bond donors (Lipinski definition) is 1. The smallest absolute Gasteiger partial charge is 0.266 e. The molecule has 168 valence electrons. The molecule has 0 bridgehead atoms. The molecule has 1 N–H and O–H groups in total. The quantitative estimate of drug-likeness (QED) is 0.172. The summed E-state index contributed by atoms with van der Waals surface area (Å²) in [6, 6.07) is 17.8. The van der Waals surface area contributed by atoms with Crippen LogP contribution in [-0.2, 0) is 11.4 Å². The van der Waals surface area contributed by atoms with Gasteiger partial charge < -0.3 is 14.8 Å². The van der Waals surface area contributed by atoms with E-state index in [1.807, 2.05) is 30.3 Å². The molecule has 0 aliphatic rings. The number of nitrogens with zero attached hydrogens (tertiary/aromatic N) is 1. The van der Waals surface area contributed by atoms with Crippen molar-refractivity contribution in [1.82, 2.24) is 0 Å². The lowest BCUT2D eigenvalue weighted by Gasteiger charge is -2.14. The van der Waals surface area contributed by atoms with Gasteiger partial charge in [0, 0.05) is 3.57 Å². The molecule has 0 aromatic heterocycles. The molecular weight excluding hydrogens is 598 g/mol. The molecule has 3 aromatic carbocycles. The van der Waals surface area contributed by atoms with Crippen molar-refractivity contribution in [2.75, 3.05) is 12.4 Å². The zero-order valence-electron chi connectivity index (χ0n) is 17.2. The molecule has 33 heavy (non-hydrogen) atoms. The molecule has 0 spiro atoms. The second kappa shape index (κ2) is 11.6. The van der Waals surface area contributed by atoms with Gasteiger partial charge in [0.15, 0.2) is 11.5 Å².